The predicted octanol–water partition coefficient (Wildman–Crippen LogP) is 1.13. The number of hydrogen-bond donors (Lipinski definition) is 2. The average Bonchev–Trinajstić information content (AvgIpc) is 3.47. The van der Waals surface area contributed by atoms with Crippen LogP contribution >= 0.6 is 0 Å². The smallest absolute Gasteiger partial charge is 0.433 e. The van der Waals surface area contributed by atoms with E-state index in [2.05, 4.69) is 15.5 Å². The van der Waals surface area contributed by atoms with E-state index in [4.69, 9.17) is 9.15 Å². The van der Waals surface area contributed by atoms with E-state index in [0.717, 1.165) is 10.1 Å². The maximum Gasteiger partial charge on any atom is 0.433 e. The highest BCUT2D eigenvalue weighted by atomic mass is 16.6. The lowest BCUT2D eigenvalue weighted by molar-refractivity contribution is -0.402. The van der Waals surface area contributed by atoms with Crippen molar-refractivity contribution in [2.45, 2.75) is 19.6 Å². The molecule has 0 aliphatic carbocycles. The number of aliphatic hydroxyl groups is 1. The highest BCUT2D eigenvalue weighted by molar-refractivity contribution is 5.78. The summed E-state index contributed by atoms with van der Waals surface area (Å²) >= 11 is 0. The van der Waals surface area contributed by atoms with Crippen molar-refractivity contribution in [1.82, 2.24) is 18.7 Å². The molecule has 0 saturated heterocycles. The number of nitrogens with one attached hydrogen (secondary N) is 1. The molecule has 0 amide bonds. The molecule has 188 valence electrons. The van der Waals surface area contributed by atoms with Crippen LogP contribution < -0.4 is 21.4 Å². The zero-order chi connectivity index (χ0) is 26.0. The molecule has 1 aromatic carbocycles. The first-order chi connectivity index (χ1) is 17.2. The van der Waals surface area contributed by atoms with Gasteiger partial charge in [0.05, 0.1) is 18.8 Å². The van der Waals surface area contributed by atoms with Crippen LogP contribution in [0.15, 0.2) is 55.5 Å². The van der Waals surface area contributed by atoms with Gasteiger partial charge in [0.15, 0.2) is 16.9 Å². The molecule has 0 saturated carbocycles. The third-order valence-corrected chi connectivity index (χ3v) is 5.35. The molecule has 0 bridgehead atoms. The lowest BCUT2D eigenvalue weighted by Gasteiger charge is -2.15. The van der Waals surface area contributed by atoms with Crippen LogP contribution in [0.2, 0.25) is 0 Å². The molecule has 1 atom stereocenters. The summed E-state index contributed by atoms with van der Waals surface area (Å²) in [5.41, 5.74) is 2.69. The Balaban J connectivity index is 1.64. The summed E-state index contributed by atoms with van der Waals surface area (Å²) in [6.45, 7) is 1.76. The van der Waals surface area contributed by atoms with E-state index in [-0.39, 0.29) is 36.0 Å². The van der Waals surface area contributed by atoms with E-state index in [1.54, 1.807) is 12.1 Å². The molecule has 3 heterocycles. The van der Waals surface area contributed by atoms with Crippen LogP contribution in [-0.4, -0.2) is 47.6 Å². The lowest BCUT2D eigenvalue weighted by atomic mass is 10.2. The molecule has 14 heteroatoms. The number of hydrazone groups is 1. The Labute approximate surface area is 202 Å². The lowest BCUT2D eigenvalue weighted by Crippen LogP contribution is -2.38. The van der Waals surface area contributed by atoms with Crippen molar-refractivity contribution in [2.24, 2.45) is 19.2 Å². The second kappa shape index (κ2) is 9.87. The van der Waals surface area contributed by atoms with Crippen molar-refractivity contribution < 1.29 is 19.2 Å². The maximum atomic E-state index is 12.9. The average molecular weight is 497 g/mol. The molecule has 4 aromatic rings. The van der Waals surface area contributed by atoms with Crippen molar-refractivity contribution in [3.8, 4) is 5.75 Å². The van der Waals surface area contributed by atoms with Gasteiger partial charge in [-0.05, 0) is 25.1 Å². The number of hydrogen-bond acceptors (Lipinski definition) is 10. The minimum absolute atomic E-state index is 0.0509. The van der Waals surface area contributed by atoms with Crippen LogP contribution in [0.4, 0.5) is 11.8 Å². The van der Waals surface area contributed by atoms with Crippen LogP contribution in [0.5, 0.6) is 5.75 Å². The number of fused-ring (bicyclic) bond motifs is 1. The summed E-state index contributed by atoms with van der Waals surface area (Å²) in [6, 6.07) is 9.85. The molecule has 4 rings (SSSR count). The molecule has 0 fully saturated rings. The van der Waals surface area contributed by atoms with Gasteiger partial charge in [-0.15, -0.1) is 0 Å². The number of nitro groups is 1. The molecule has 14 nitrogen and oxygen atoms in total. The molecule has 3 aromatic heterocycles. The van der Waals surface area contributed by atoms with Gasteiger partial charge in [-0.3, -0.25) is 24.0 Å². The minimum atomic E-state index is -1.05. The fourth-order valence-electron chi connectivity index (χ4n) is 3.46. The van der Waals surface area contributed by atoms with Crippen molar-refractivity contribution >= 4 is 29.2 Å². The third-order valence-electron chi connectivity index (χ3n) is 5.35. The first kappa shape index (κ1) is 24.4. The first-order valence-corrected chi connectivity index (χ1v) is 10.7. The first-order valence-electron chi connectivity index (χ1n) is 10.7. The van der Waals surface area contributed by atoms with E-state index in [1.165, 1.54) is 41.6 Å². The van der Waals surface area contributed by atoms with Crippen molar-refractivity contribution in [3.05, 3.63) is 78.7 Å². The predicted molar refractivity (Wildman–Crippen MR) is 129 cm³/mol. The van der Waals surface area contributed by atoms with Gasteiger partial charge in [0.25, 0.3) is 5.56 Å². The van der Waals surface area contributed by atoms with Gasteiger partial charge in [-0.2, -0.15) is 10.1 Å². The van der Waals surface area contributed by atoms with Crippen molar-refractivity contribution in [3.63, 3.8) is 0 Å². The quantitative estimate of drug-likeness (QED) is 0.195. The Morgan fingerprint density at radius 1 is 1.22 bits per heavy atom. The van der Waals surface area contributed by atoms with Crippen molar-refractivity contribution in [2.75, 3.05) is 12.0 Å². The summed E-state index contributed by atoms with van der Waals surface area (Å²) in [5.74, 6) is 0.282. The largest absolute Gasteiger partial charge is 0.491 e. The maximum absolute atomic E-state index is 12.9. The summed E-state index contributed by atoms with van der Waals surface area (Å²) < 4.78 is 14.2. The number of anilines is 1. The van der Waals surface area contributed by atoms with E-state index >= 15 is 0 Å². The zero-order valence-corrected chi connectivity index (χ0v) is 19.6. The molecule has 0 unspecified atom stereocenters. The van der Waals surface area contributed by atoms with E-state index in [0.29, 0.717) is 5.75 Å². The molecular formula is C22H23N7O7. The number of aliphatic hydroxyl groups excluding tert-OH is 1. The highest BCUT2D eigenvalue weighted by Gasteiger charge is 2.21. The zero-order valence-electron chi connectivity index (χ0n) is 19.6. The van der Waals surface area contributed by atoms with Gasteiger partial charge in [0.1, 0.15) is 23.4 Å². The summed E-state index contributed by atoms with van der Waals surface area (Å²) in [5, 5.41) is 25.4. The Morgan fingerprint density at radius 2 is 1.94 bits per heavy atom. The normalized spacial score (nSPS) is 12.3. The number of rotatable bonds is 9. The molecule has 0 radical (unpaired) electrons. The highest BCUT2D eigenvalue weighted by Crippen LogP contribution is 2.18. The van der Waals surface area contributed by atoms with Gasteiger partial charge in [-0.25, -0.2) is 10.2 Å². The Kier molecular flexibility index (Phi) is 6.69. The number of aryl methyl sites for hydroxylation is 2. The monoisotopic (exact) mass is 497 g/mol. The van der Waals surface area contributed by atoms with Gasteiger partial charge in [0.2, 0.25) is 5.95 Å². The number of nitrogens with zero attached hydrogens (tertiary/aromatic N) is 6. The van der Waals surface area contributed by atoms with E-state index < -0.39 is 28.2 Å². The number of ether oxygens (including phenoxy) is 1. The molecule has 0 aliphatic heterocycles. The third kappa shape index (κ3) is 4.88. The number of aromatic nitrogens is 4. The number of furan rings is 1. The molecule has 0 aliphatic rings. The van der Waals surface area contributed by atoms with Gasteiger partial charge in [0, 0.05) is 14.1 Å². The van der Waals surface area contributed by atoms with Crippen LogP contribution in [0.1, 0.15) is 11.3 Å². The fourth-order valence-corrected chi connectivity index (χ4v) is 3.46. The van der Waals surface area contributed by atoms with Gasteiger partial charge < -0.3 is 18.8 Å². The van der Waals surface area contributed by atoms with E-state index in [1.807, 2.05) is 19.1 Å². The van der Waals surface area contributed by atoms with Gasteiger partial charge in [-0.1, -0.05) is 17.7 Å². The standard InChI is InChI=1S/C22H23N7O7/c1-13-4-6-15(7-5-13)35-12-14(30)11-28-18-19(26(2)22(32)27(3)20(18)31)24-21(28)25-23-10-16-8-9-17(36-16)29(33)34/h4-10,14,30H,11-12H2,1-3H3,(H,24,25)/b23-10-/t14-/m0/s1. The van der Waals surface area contributed by atoms with Crippen LogP contribution in [0.25, 0.3) is 11.2 Å². The Bertz CT molecular complexity index is 1560. The number of imidazole rings is 1. The second-order valence-electron chi connectivity index (χ2n) is 8.00. The van der Waals surface area contributed by atoms with Crippen LogP contribution in [0.3, 0.4) is 0 Å². The second-order valence-corrected chi connectivity index (χ2v) is 8.00. The molecule has 36 heavy (non-hydrogen) atoms. The van der Waals surface area contributed by atoms with Crippen LogP contribution in [0, 0.1) is 17.0 Å². The van der Waals surface area contributed by atoms with Gasteiger partial charge >= 0.3 is 11.6 Å². The summed E-state index contributed by atoms with van der Waals surface area (Å²) in [4.78, 5) is 39.7. The SMILES string of the molecule is Cc1ccc(OC[C@@H](O)Cn2c(N/N=C\c3ccc([N+](=O)[O-])o3)nc3c2c(=O)n(C)c(=O)n3C)cc1. The summed E-state index contributed by atoms with van der Waals surface area (Å²) in [6.07, 6.45) is 0.132. The minimum Gasteiger partial charge on any atom is -0.491 e. The van der Waals surface area contributed by atoms with E-state index in [9.17, 15) is 24.8 Å². The Morgan fingerprint density at radius 3 is 2.61 bits per heavy atom. The summed E-state index contributed by atoms with van der Waals surface area (Å²) in [7, 11) is 2.81. The Hall–Kier alpha value is -4.72. The fraction of sp³-hybridized carbons (Fsp3) is 0.273. The van der Waals surface area contributed by atoms with Crippen LogP contribution in [-0.2, 0) is 20.6 Å². The topological polar surface area (TPSA) is 172 Å². The van der Waals surface area contributed by atoms with Crippen molar-refractivity contribution in [1.29, 1.82) is 0 Å². The molecule has 0 spiro atoms. The number of benzene rings is 1. The molecular weight excluding hydrogens is 474 g/mol. The molecule has 2 N–H and O–H groups in total.